The van der Waals surface area contributed by atoms with Crippen molar-refractivity contribution in [1.29, 1.82) is 5.26 Å². The van der Waals surface area contributed by atoms with E-state index >= 15 is 0 Å². The quantitative estimate of drug-likeness (QED) is 0.673. The topological polar surface area (TPSA) is 50.9 Å². The molecule has 120 valence electrons. The molecule has 1 aliphatic carbocycles. The smallest absolute Gasteiger partial charge is 0.285 e. The Balaban J connectivity index is 2.12. The van der Waals surface area contributed by atoms with Crippen molar-refractivity contribution < 1.29 is 9.51 Å². The van der Waals surface area contributed by atoms with E-state index in [1.807, 2.05) is 34.7 Å². The van der Waals surface area contributed by atoms with Gasteiger partial charge < -0.3 is 5.11 Å². The van der Waals surface area contributed by atoms with Crippen molar-refractivity contribution in [1.82, 2.24) is 0 Å². The lowest BCUT2D eigenvalue weighted by atomic mass is 9.87. The van der Waals surface area contributed by atoms with Gasteiger partial charge in [-0.3, -0.25) is 0 Å². The number of benzene rings is 1. The van der Waals surface area contributed by atoms with Crippen molar-refractivity contribution in [2.24, 2.45) is 0 Å². The fourth-order valence-corrected chi connectivity index (χ4v) is 4.99. The zero-order valence-electron chi connectivity index (χ0n) is 13.6. The van der Waals surface area contributed by atoms with Crippen molar-refractivity contribution in [2.45, 2.75) is 39.0 Å². The Morgan fingerprint density at radius 2 is 1.88 bits per heavy atom. The molecular weight excluding hydrogens is 316 g/mol. The summed E-state index contributed by atoms with van der Waals surface area (Å²) in [5.41, 5.74) is 5.17. The van der Waals surface area contributed by atoms with Gasteiger partial charge in [0.2, 0.25) is 0 Å². The van der Waals surface area contributed by atoms with Crippen molar-refractivity contribution in [3.05, 3.63) is 52.7 Å². The van der Waals surface area contributed by atoms with Gasteiger partial charge in [-0.15, -0.1) is 0 Å². The highest BCUT2D eigenvalue weighted by molar-refractivity contribution is 7.20. The third kappa shape index (κ3) is 2.12. The van der Waals surface area contributed by atoms with Gasteiger partial charge in [0.25, 0.3) is 4.83 Å². The molecule has 0 saturated heterocycles. The van der Waals surface area contributed by atoms with Gasteiger partial charge >= 0.3 is 0 Å². The number of nitriles is 1. The number of hydrogen-bond donors (Lipinski definition) is 0. The van der Waals surface area contributed by atoms with Crippen LogP contribution in [-0.4, -0.2) is 0 Å². The van der Waals surface area contributed by atoms with Gasteiger partial charge in [-0.2, -0.15) is 9.66 Å². The largest absolute Gasteiger partial charge is 0.822 e. The maximum Gasteiger partial charge on any atom is 0.285 e. The fraction of sp³-hybridized carbons (Fsp3) is 0.300. The summed E-state index contributed by atoms with van der Waals surface area (Å²) in [6.07, 6.45) is 5.01. The molecule has 0 aliphatic heterocycles. The average Bonchev–Trinajstić information content (AvgIpc) is 2.97. The van der Waals surface area contributed by atoms with Crippen LogP contribution in [0.2, 0.25) is 0 Å². The summed E-state index contributed by atoms with van der Waals surface area (Å²) in [5.74, 6) is 0.0166. The molecule has 2 aromatic heterocycles. The third-order valence-electron chi connectivity index (χ3n) is 4.88. The summed E-state index contributed by atoms with van der Waals surface area (Å²) >= 11 is 1.46. The highest BCUT2D eigenvalue weighted by Gasteiger charge is 2.30. The van der Waals surface area contributed by atoms with Crippen LogP contribution in [0, 0.1) is 11.3 Å². The Morgan fingerprint density at radius 1 is 1.17 bits per heavy atom. The van der Waals surface area contributed by atoms with Gasteiger partial charge in [0.05, 0.1) is 4.88 Å². The normalized spacial score (nSPS) is 13.7. The van der Waals surface area contributed by atoms with Crippen molar-refractivity contribution >= 4 is 16.2 Å². The van der Waals surface area contributed by atoms with E-state index in [9.17, 15) is 10.4 Å². The molecule has 0 spiro atoms. The minimum absolute atomic E-state index is 0.0166. The van der Waals surface area contributed by atoms with E-state index in [0.717, 1.165) is 53.1 Å². The van der Waals surface area contributed by atoms with Crippen LogP contribution < -0.4 is 9.51 Å². The molecule has 0 amide bonds. The third-order valence-corrected chi connectivity index (χ3v) is 6.08. The number of thiazole rings is 1. The van der Waals surface area contributed by atoms with Crippen LogP contribution in [0.3, 0.4) is 0 Å². The Hall–Kier alpha value is -2.38. The summed E-state index contributed by atoms with van der Waals surface area (Å²) in [5, 5.41) is 22.9. The zero-order chi connectivity index (χ0) is 16.7. The van der Waals surface area contributed by atoms with Crippen molar-refractivity contribution in [3.8, 4) is 22.4 Å². The maximum absolute atomic E-state index is 13.1. The second-order valence-electron chi connectivity index (χ2n) is 6.19. The molecular formula is C20H18N2OS. The van der Waals surface area contributed by atoms with Crippen molar-refractivity contribution in [3.63, 3.8) is 0 Å². The Kier molecular flexibility index (Phi) is 3.74. The van der Waals surface area contributed by atoms with Crippen molar-refractivity contribution in [2.75, 3.05) is 0 Å². The minimum atomic E-state index is 0.0166. The molecule has 0 radical (unpaired) electrons. The molecule has 1 aliphatic rings. The number of pyridine rings is 1. The lowest BCUT2D eigenvalue weighted by molar-refractivity contribution is -0.587. The Labute approximate surface area is 145 Å². The average molecular weight is 334 g/mol. The fourth-order valence-electron chi connectivity index (χ4n) is 3.81. The Bertz CT molecular complexity index is 967. The molecule has 0 unspecified atom stereocenters. The predicted molar refractivity (Wildman–Crippen MR) is 93.1 cm³/mol. The number of aromatic nitrogens is 1. The van der Waals surface area contributed by atoms with Gasteiger partial charge in [-0.05, 0) is 36.8 Å². The lowest BCUT2D eigenvalue weighted by Gasteiger charge is -2.18. The molecule has 4 heteroatoms. The van der Waals surface area contributed by atoms with Gasteiger partial charge in [0.1, 0.15) is 11.6 Å². The van der Waals surface area contributed by atoms with E-state index in [2.05, 4.69) is 13.0 Å². The minimum Gasteiger partial charge on any atom is -0.822 e. The number of fused-ring (bicyclic) bond motifs is 2. The molecule has 0 fully saturated rings. The van der Waals surface area contributed by atoms with E-state index in [1.54, 1.807) is 0 Å². The summed E-state index contributed by atoms with van der Waals surface area (Å²) in [4.78, 5) is 1.54. The van der Waals surface area contributed by atoms with Crippen LogP contribution >= 0.6 is 11.3 Å². The molecule has 0 bridgehead atoms. The monoisotopic (exact) mass is 334 g/mol. The summed E-state index contributed by atoms with van der Waals surface area (Å²) in [6, 6.07) is 12.2. The summed E-state index contributed by atoms with van der Waals surface area (Å²) in [6.45, 7) is 2.10. The molecule has 3 aromatic rings. The SMILES string of the molecule is CCc1c2c(c(C#N)c3sc(-c4ccccc4)c([O-])[n+]13)CCCC2. The Morgan fingerprint density at radius 3 is 2.54 bits per heavy atom. The highest BCUT2D eigenvalue weighted by atomic mass is 32.1. The second kappa shape index (κ2) is 5.92. The molecule has 0 N–H and O–H groups in total. The first-order chi connectivity index (χ1) is 11.8. The van der Waals surface area contributed by atoms with Crippen LogP contribution in [-0.2, 0) is 19.3 Å². The first-order valence-corrected chi connectivity index (χ1v) is 9.25. The highest BCUT2D eigenvalue weighted by Crippen LogP contribution is 2.37. The predicted octanol–water partition coefficient (Wildman–Crippen LogP) is 3.54. The van der Waals surface area contributed by atoms with Gasteiger partial charge in [-0.25, -0.2) is 0 Å². The number of rotatable bonds is 2. The molecule has 2 heterocycles. The standard InChI is InChI=1S/C20H18N2OS/c1-2-17-15-11-7-6-10-14(15)16(12-21)20-22(17)19(23)18(24-20)13-8-4-3-5-9-13/h3-5,8-9H,2,6-7,10-11H2,1H3. The van der Waals surface area contributed by atoms with Crippen LogP contribution in [0.1, 0.15) is 42.1 Å². The summed E-state index contributed by atoms with van der Waals surface area (Å²) in [7, 11) is 0. The lowest BCUT2D eigenvalue weighted by Crippen LogP contribution is -2.33. The van der Waals surface area contributed by atoms with E-state index in [-0.39, 0.29) is 5.88 Å². The van der Waals surface area contributed by atoms with E-state index in [0.29, 0.717) is 5.56 Å². The number of aryl methyl sites for hydroxylation is 1. The van der Waals surface area contributed by atoms with Gasteiger partial charge in [-0.1, -0.05) is 48.6 Å². The molecule has 24 heavy (non-hydrogen) atoms. The van der Waals surface area contributed by atoms with Crippen LogP contribution in [0.25, 0.3) is 15.3 Å². The van der Waals surface area contributed by atoms with Gasteiger partial charge in [0, 0.05) is 12.0 Å². The first-order valence-electron chi connectivity index (χ1n) is 8.44. The van der Waals surface area contributed by atoms with Crippen LogP contribution in [0.5, 0.6) is 5.88 Å². The number of hydrogen-bond acceptors (Lipinski definition) is 3. The second-order valence-corrected chi connectivity index (χ2v) is 7.19. The maximum atomic E-state index is 13.1. The van der Waals surface area contributed by atoms with E-state index in [1.165, 1.54) is 22.5 Å². The summed E-state index contributed by atoms with van der Waals surface area (Å²) < 4.78 is 1.82. The van der Waals surface area contributed by atoms with Crippen LogP contribution in [0.15, 0.2) is 30.3 Å². The molecule has 1 aromatic carbocycles. The van der Waals surface area contributed by atoms with Gasteiger partial charge in [0.15, 0.2) is 11.6 Å². The molecule has 0 saturated carbocycles. The van der Waals surface area contributed by atoms with E-state index < -0.39 is 0 Å². The molecule has 0 atom stereocenters. The molecule has 3 nitrogen and oxygen atoms in total. The van der Waals surface area contributed by atoms with Crippen LogP contribution in [0.4, 0.5) is 0 Å². The zero-order valence-corrected chi connectivity index (χ0v) is 14.4. The molecule has 4 rings (SSSR count). The first kappa shape index (κ1) is 15.2. The van der Waals surface area contributed by atoms with E-state index in [4.69, 9.17) is 0 Å². The number of nitrogens with zero attached hydrogens (tertiary/aromatic N) is 2.